The van der Waals surface area contributed by atoms with Gasteiger partial charge in [0.2, 0.25) is 0 Å². The number of hydrogen-bond acceptors (Lipinski definition) is 3. The van der Waals surface area contributed by atoms with Crippen molar-refractivity contribution in [3.63, 3.8) is 0 Å². The van der Waals surface area contributed by atoms with Crippen LogP contribution in [0.5, 0.6) is 5.75 Å². The predicted octanol–water partition coefficient (Wildman–Crippen LogP) is 5.31. The van der Waals surface area contributed by atoms with Crippen LogP contribution in [0.1, 0.15) is 36.5 Å². The molecule has 0 amide bonds. The van der Waals surface area contributed by atoms with Crippen LogP contribution < -0.4 is 4.74 Å². The van der Waals surface area contributed by atoms with E-state index in [0.717, 1.165) is 12.1 Å². The summed E-state index contributed by atoms with van der Waals surface area (Å²) in [5.74, 6) is -4.25. The molecule has 25 heavy (non-hydrogen) atoms. The third kappa shape index (κ3) is 3.76. The molecule has 138 valence electrons. The zero-order valence-electron chi connectivity index (χ0n) is 12.7. The number of aliphatic hydroxyl groups is 1. The SMILES string of the molecule is OC1c2c(SC(F)(F)F)ccc(OC3CCCC=C3F)c2CC1(F)F. The van der Waals surface area contributed by atoms with Crippen LogP contribution in [0.4, 0.5) is 26.3 Å². The highest BCUT2D eigenvalue weighted by molar-refractivity contribution is 8.00. The van der Waals surface area contributed by atoms with Gasteiger partial charge in [-0.05, 0) is 49.2 Å². The minimum Gasteiger partial charge on any atom is -0.483 e. The van der Waals surface area contributed by atoms with Gasteiger partial charge in [0.05, 0.1) is 0 Å². The van der Waals surface area contributed by atoms with Crippen LogP contribution in [0.3, 0.4) is 0 Å². The predicted molar refractivity (Wildman–Crippen MR) is 79.4 cm³/mol. The first-order valence-corrected chi connectivity index (χ1v) is 8.40. The maximum atomic E-state index is 13.9. The Morgan fingerprint density at radius 3 is 2.60 bits per heavy atom. The van der Waals surface area contributed by atoms with Crippen LogP contribution in [0.15, 0.2) is 28.9 Å². The summed E-state index contributed by atoms with van der Waals surface area (Å²) >= 11 is -0.568. The second kappa shape index (κ2) is 6.42. The van der Waals surface area contributed by atoms with Crippen molar-refractivity contribution in [3.8, 4) is 5.75 Å². The van der Waals surface area contributed by atoms with Crippen LogP contribution >= 0.6 is 11.8 Å². The maximum Gasteiger partial charge on any atom is 0.446 e. The summed E-state index contributed by atoms with van der Waals surface area (Å²) in [4.78, 5) is -0.501. The molecular weight excluding hydrogens is 370 g/mol. The fourth-order valence-corrected chi connectivity index (χ4v) is 3.78. The molecule has 0 spiro atoms. The summed E-state index contributed by atoms with van der Waals surface area (Å²) in [6.07, 6.45) is -1.39. The van der Waals surface area contributed by atoms with Gasteiger partial charge in [-0.15, -0.1) is 0 Å². The quantitative estimate of drug-likeness (QED) is 0.566. The van der Waals surface area contributed by atoms with Gasteiger partial charge in [0, 0.05) is 22.4 Å². The van der Waals surface area contributed by atoms with Gasteiger partial charge in [0.25, 0.3) is 5.92 Å². The zero-order valence-corrected chi connectivity index (χ0v) is 13.6. The second-order valence-electron chi connectivity index (χ2n) is 5.97. The lowest BCUT2D eigenvalue weighted by Gasteiger charge is -2.23. The molecular formula is C16H14F6O2S. The molecule has 0 saturated heterocycles. The summed E-state index contributed by atoms with van der Waals surface area (Å²) in [5, 5.41) is 9.80. The lowest BCUT2D eigenvalue weighted by atomic mass is 10.0. The van der Waals surface area contributed by atoms with Crippen molar-refractivity contribution >= 4 is 11.8 Å². The molecule has 2 unspecified atom stereocenters. The van der Waals surface area contributed by atoms with Crippen LogP contribution in [0, 0.1) is 0 Å². The monoisotopic (exact) mass is 384 g/mol. The minimum atomic E-state index is -4.69. The van der Waals surface area contributed by atoms with E-state index in [9.17, 15) is 31.4 Å². The van der Waals surface area contributed by atoms with Crippen molar-refractivity contribution in [2.45, 2.75) is 54.2 Å². The topological polar surface area (TPSA) is 29.5 Å². The number of alkyl halides is 5. The van der Waals surface area contributed by atoms with Crippen molar-refractivity contribution in [3.05, 3.63) is 35.2 Å². The van der Waals surface area contributed by atoms with Crippen LogP contribution in [-0.4, -0.2) is 22.6 Å². The van der Waals surface area contributed by atoms with Gasteiger partial charge >= 0.3 is 5.51 Å². The molecule has 2 aliphatic carbocycles. The minimum absolute atomic E-state index is 0.117. The lowest BCUT2D eigenvalue weighted by Crippen LogP contribution is -2.22. The Balaban J connectivity index is 1.99. The Morgan fingerprint density at radius 1 is 1.24 bits per heavy atom. The molecule has 0 fully saturated rings. The molecule has 2 nitrogen and oxygen atoms in total. The first-order valence-electron chi connectivity index (χ1n) is 7.58. The molecule has 2 aliphatic rings. The molecule has 1 aromatic carbocycles. The third-order valence-electron chi connectivity index (χ3n) is 4.17. The number of rotatable bonds is 3. The number of aliphatic hydroxyl groups excluding tert-OH is 1. The van der Waals surface area contributed by atoms with E-state index < -0.39 is 58.1 Å². The van der Waals surface area contributed by atoms with Gasteiger partial charge in [-0.1, -0.05) is 0 Å². The van der Waals surface area contributed by atoms with Crippen LogP contribution in [0.2, 0.25) is 0 Å². The summed E-state index contributed by atoms with van der Waals surface area (Å²) in [6.45, 7) is 0. The van der Waals surface area contributed by atoms with Crippen LogP contribution in [0.25, 0.3) is 0 Å². The highest BCUT2D eigenvalue weighted by Crippen LogP contribution is 2.52. The lowest BCUT2D eigenvalue weighted by molar-refractivity contribution is -0.0977. The van der Waals surface area contributed by atoms with Crippen molar-refractivity contribution < 1.29 is 36.2 Å². The number of halogens is 6. The van der Waals surface area contributed by atoms with Gasteiger partial charge in [-0.3, -0.25) is 0 Å². The van der Waals surface area contributed by atoms with Crippen LogP contribution in [-0.2, 0) is 6.42 Å². The average molecular weight is 384 g/mol. The normalized spacial score (nSPS) is 25.5. The highest BCUT2D eigenvalue weighted by Gasteiger charge is 2.50. The third-order valence-corrected chi connectivity index (χ3v) is 4.98. The van der Waals surface area contributed by atoms with Gasteiger partial charge in [0.15, 0.2) is 0 Å². The number of thioether (sulfide) groups is 1. The Morgan fingerprint density at radius 2 is 1.96 bits per heavy atom. The highest BCUT2D eigenvalue weighted by atomic mass is 32.2. The number of fused-ring (bicyclic) bond motifs is 1. The first kappa shape index (κ1) is 18.4. The second-order valence-corrected chi connectivity index (χ2v) is 7.08. The first-order chi connectivity index (χ1) is 11.6. The molecule has 3 rings (SSSR count). The Hall–Kier alpha value is -1.35. The van der Waals surface area contributed by atoms with E-state index >= 15 is 0 Å². The Labute approximate surface area is 143 Å². The van der Waals surface area contributed by atoms with Gasteiger partial charge in [0.1, 0.15) is 23.8 Å². The molecule has 0 saturated carbocycles. The number of benzene rings is 1. The van der Waals surface area contributed by atoms with E-state index in [-0.39, 0.29) is 11.3 Å². The number of ether oxygens (including phenoxy) is 1. The van der Waals surface area contributed by atoms with E-state index in [4.69, 9.17) is 4.74 Å². The number of hydrogen-bond donors (Lipinski definition) is 1. The van der Waals surface area contributed by atoms with Crippen molar-refractivity contribution in [1.82, 2.24) is 0 Å². The molecule has 1 N–H and O–H groups in total. The van der Waals surface area contributed by atoms with Gasteiger partial charge in [-0.2, -0.15) is 13.2 Å². The summed E-state index contributed by atoms with van der Waals surface area (Å²) in [6, 6.07) is 2.10. The van der Waals surface area contributed by atoms with E-state index in [2.05, 4.69) is 0 Å². The summed E-state index contributed by atoms with van der Waals surface area (Å²) in [7, 11) is 0. The van der Waals surface area contributed by atoms with Crippen molar-refractivity contribution in [2.75, 3.05) is 0 Å². The maximum absolute atomic E-state index is 13.9. The van der Waals surface area contributed by atoms with Crippen molar-refractivity contribution in [2.24, 2.45) is 0 Å². The fraction of sp³-hybridized carbons (Fsp3) is 0.500. The standard InChI is InChI=1S/C16H14F6O2S/c17-9-3-1-2-4-11(9)24-10-5-6-12(25-16(20,21)22)13-8(10)7-15(18,19)14(13)23/h3,5-6,11,14,23H,1-2,4,7H2. The molecule has 0 heterocycles. The Kier molecular flexibility index (Phi) is 4.74. The molecule has 2 atom stereocenters. The molecule has 0 aliphatic heterocycles. The van der Waals surface area contributed by atoms with Gasteiger partial charge < -0.3 is 9.84 Å². The largest absolute Gasteiger partial charge is 0.483 e. The Bertz CT molecular complexity index is 701. The molecule has 0 bridgehead atoms. The fourth-order valence-electron chi connectivity index (χ4n) is 3.05. The van der Waals surface area contributed by atoms with Crippen molar-refractivity contribution in [1.29, 1.82) is 0 Å². The zero-order chi connectivity index (χ0) is 18.4. The molecule has 9 heteroatoms. The van der Waals surface area contributed by atoms with E-state index in [1.165, 1.54) is 6.08 Å². The molecule has 0 radical (unpaired) electrons. The van der Waals surface area contributed by atoms with E-state index in [1.807, 2.05) is 0 Å². The molecule has 0 aromatic heterocycles. The van der Waals surface area contributed by atoms with E-state index in [0.29, 0.717) is 19.3 Å². The average Bonchev–Trinajstić information content (AvgIpc) is 2.74. The van der Waals surface area contributed by atoms with Gasteiger partial charge in [-0.25, -0.2) is 13.2 Å². The number of allylic oxidation sites excluding steroid dienone is 1. The smallest absolute Gasteiger partial charge is 0.446 e. The molecule has 1 aromatic rings. The summed E-state index contributed by atoms with van der Waals surface area (Å²) in [5.41, 5.74) is -5.39. The summed E-state index contributed by atoms with van der Waals surface area (Å²) < 4.78 is 85.0. The van der Waals surface area contributed by atoms with E-state index in [1.54, 1.807) is 0 Å².